The van der Waals surface area contributed by atoms with Crippen LogP contribution < -0.4 is 5.32 Å². The number of ether oxygens (including phenoxy) is 2. The molecule has 1 aliphatic heterocycles. The highest BCUT2D eigenvalue weighted by Gasteiger charge is 2.19. The third kappa shape index (κ3) is 5.40. The van der Waals surface area contributed by atoms with Gasteiger partial charge in [0.05, 0.1) is 54.3 Å². The van der Waals surface area contributed by atoms with E-state index in [2.05, 4.69) is 26.5 Å². The Balaban J connectivity index is 1.45. The molecule has 0 amide bonds. The van der Waals surface area contributed by atoms with Crippen molar-refractivity contribution in [1.29, 1.82) is 0 Å². The predicted octanol–water partition coefficient (Wildman–Crippen LogP) is 3.73. The largest absolute Gasteiger partial charge is 0.379 e. The van der Waals surface area contributed by atoms with Crippen molar-refractivity contribution < 1.29 is 9.47 Å². The molecule has 36 heavy (non-hydrogen) atoms. The van der Waals surface area contributed by atoms with Gasteiger partial charge in [-0.05, 0) is 43.7 Å². The van der Waals surface area contributed by atoms with E-state index in [1.165, 1.54) is 0 Å². The number of methoxy groups -OCH3 is 1. The molecule has 2 atom stereocenters. The number of rotatable bonds is 8. The topological polar surface area (TPSA) is 99.9 Å². The Morgan fingerprint density at radius 1 is 1.14 bits per heavy atom. The summed E-state index contributed by atoms with van der Waals surface area (Å²) in [6.07, 6.45) is 8.29. The molecule has 4 heterocycles. The summed E-state index contributed by atoms with van der Waals surface area (Å²) in [5, 5.41) is 12.1. The average molecular weight is 482 g/mol. The standard InChI is InChI=1S/C27H27N7O2/c1-4-19-7-5-8-20(13-19)24-14-25(31-27(30-24)29-22-11-12-36-17-22)26-16-34(33-32-26)15-21-9-6-10-23(28-21)18(2)35-3/h1,5-10,13-14,16,18,22H,11-12,15,17H2,2-3H3,(H,29,30,31)/t18?,22-/m1/s1. The van der Waals surface area contributed by atoms with E-state index < -0.39 is 0 Å². The third-order valence-electron chi connectivity index (χ3n) is 6.04. The number of nitrogens with one attached hydrogen (secondary N) is 1. The molecule has 0 spiro atoms. The lowest BCUT2D eigenvalue weighted by Crippen LogP contribution is -2.20. The lowest BCUT2D eigenvalue weighted by atomic mass is 10.1. The van der Waals surface area contributed by atoms with Crippen molar-refractivity contribution in [2.75, 3.05) is 25.6 Å². The molecular formula is C27H27N7O2. The van der Waals surface area contributed by atoms with Crippen LogP contribution in [0.3, 0.4) is 0 Å². The Labute approximate surface area is 209 Å². The second kappa shape index (κ2) is 10.6. The summed E-state index contributed by atoms with van der Waals surface area (Å²) in [5.74, 6) is 3.20. The van der Waals surface area contributed by atoms with Crippen LogP contribution in [0.4, 0.5) is 5.95 Å². The molecule has 3 aromatic heterocycles. The number of hydrogen-bond acceptors (Lipinski definition) is 8. The highest BCUT2D eigenvalue weighted by Crippen LogP contribution is 2.26. The van der Waals surface area contributed by atoms with Crippen LogP contribution in [0.5, 0.6) is 0 Å². The van der Waals surface area contributed by atoms with Crippen LogP contribution in [0.15, 0.2) is 54.7 Å². The first kappa shape index (κ1) is 23.6. The minimum Gasteiger partial charge on any atom is -0.379 e. The lowest BCUT2D eigenvalue weighted by Gasteiger charge is -2.13. The van der Waals surface area contributed by atoms with Gasteiger partial charge in [0.25, 0.3) is 0 Å². The summed E-state index contributed by atoms with van der Waals surface area (Å²) >= 11 is 0. The second-order valence-corrected chi connectivity index (χ2v) is 8.63. The molecule has 1 unspecified atom stereocenters. The number of terminal acetylenes is 1. The summed E-state index contributed by atoms with van der Waals surface area (Å²) in [6, 6.07) is 15.7. The molecule has 0 aliphatic carbocycles. The van der Waals surface area contributed by atoms with Gasteiger partial charge in [0.2, 0.25) is 5.95 Å². The first-order chi connectivity index (χ1) is 17.6. The third-order valence-corrected chi connectivity index (χ3v) is 6.04. The smallest absolute Gasteiger partial charge is 0.224 e. The SMILES string of the molecule is C#Cc1cccc(-c2cc(-c3cn(Cc4cccc(C(C)OC)n4)nn3)nc(N[C@@H]3CCOC3)n2)c1. The Morgan fingerprint density at radius 3 is 2.81 bits per heavy atom. The van der Waals surface area contributed by atoms with Crippen LogP contribution >= 0.6 is 0 Å². The summed E-state index contributed by atoms with van der Waals surface area (Å²) in [7, 11) is 1.67. The minimum atomic E-state index is -0.0835. The van der Waals surface area contributed by atoms with E-state index in [0.717, 1.165) is 41.2 Å². The van der Waals surface area contributed by atoms with E-state index in [0.29, 0.717) is 30.5 Å². The van der Waals surface area contributed by atoms with E-state index in [9.17, 15) is 0 Å². The second-order valence-electron chi connectivity index (χ2n) is 8.63. The Morgan fingerprint density at radius 2 is 2.00 bits per heavy atom. The summed E-state index contributed by atoms with van der Waals surface area (Å²) in [4.78, 5) is 14.2. The molecular weight excluding hydrogens is 454 g/mol. The normalized spacial score (nSPS) is 16.0. The fourth-order valence-corrected chi connectivity index (χ4v) is 3.98. The van der Waals surface area contributed by atoms with Gasteiger partial charge in [0.15, 0.2) is 0 Å². The van der Waals surface area contributed by atoms with Crippen molar-refractivity contribution >= 4 is 5.95 Å². The van der Waals surface area contributed by atoms with Crippen LogP contribution in [-0.4, -0.2) is 56.3 Å². The predicted molar refractivity (Wildman–Crippen MR) is 136 cm³/mol. The van der Waals surface area contributed by atoms with Gasteiger partial charge in [-0.25, -0.2) is 14.6 Å². The fourth-order valence-electron chi connectivity index (χ4n) is 3.98. The van der Waals surface area contributed by atoms with Crippen LogP contribution in [0.25, 0.3) is 22.6 Å². The van der Waals surface area contributed by atoms with Crippen molar-refractivity contribution in [1.82, 2.24) is 29.9 Å². The summed E-state index contributed by atoms with van der Waals surface area (Å²) in [5.41, 5.74) is 5.47. The van der Waals surface area contributed by atoms with Crippen molar-refractivity contribution in [2.45, 2.75) is 32.0 Å². The average Bonchev–Trinajstić information content (AvgIpc) is 3.60. The minimum absolute atomic E-state index is 0.0835. The van der Waals surface area contributed by atoms with Gasteiger partial charge in [-0.3, -0.25) is 4.98 Å². The van der Waals surface area contributed by atoms with Gasteiger partial charge in [-0.15, -0.1) is 11.5 Å². The molecule has 9 nitrogen and oxygen atoms in total. The molecule has 5 rings (SSSR count). The van der Waals surface area contributed by atoms with Gasteiger partial charge in [0.1, 0.15) is 5.69 Å². The van der Waals surface area contributed by atoms with Gasteiger partial charge in [0, 0.05) is 24.8 Å². The molecule has 4 aromatic rings. The molecule has 0 saturated carbocycles. The van der Waals surface area contributed by atoms with E-state index >= 15 is 0 Å². The molecule has 1 aliphatic rings. The number of nitrogens with zero attached hydrogens (tertiary/aromatic N) is 6. The maximum absolute atomic E-state index is 5.61. The van der Waals surface area contributed by atoms with Gasteiger partial charge in [-0.2, -0.15) is 0 Å². The maximum Gasteiger partial charge on any atom is 0.224 e. The maximum atomic E-state index is 5.61. The number of benzene rings is 1. The van der Waals surface area contributed by atoms with Gasteiger partial charge in [-0.1, -0.05) is 29.3 Å². The Kier molecular flexibility index (Phi) is 6.98. The lowest BCUT2D eigenvalue weighted by molar-refractivity contribution is 0.116. The highest BCUT2D eigenvalue weighted by atomic mass is 16.5. The van der Waals surface area contributed by atoms with Crippen LogP contribution in [0.2, 0.25) is 0 Å². The number of aromatic nitrogens is 6. The van der Waals surface area contributed by atoms with Crippen molar-refractivity contribution in [3.05, 3.63) is 71.7 Å². The fraction of sp³-hybridized carbons (Fsp3) is 0.296. The summed E-state index contributed by atoms with van der Waals surface area (Å²) < 4.78 is 12.6. The highest BCUT2D eigenvalue weighted by molar-refractivity contribution is 5.68. The molecule has 0 radical (unpaired) electrons. The zero-order valence-corrected chi connectivity index (χ0v) is 20.3. The van der Waals surface area contributed by atoms with Crippen LogP contribution in [0, 0.1) is 12.3 Å². The monoisotopic (exact) mass is 481 g/mol. The molecule has 1 N–H and O–H groups in total. The molecule has 9 heteroatoms. The number of hydrogen-bond donors (Lipinski definition) is 1. The molecule has 1 aromatic carbocycles. The first-order valence-electron chi connectivity index (χ1n) is 11.8. The molecule has 182 valence electrons. The zero-order valence-electron chi connectivity index (χ0n) is 20.3. The van der Waals surface area contributed by atoms with E-state index in [4.69, 9.17) is 25.9 Å². The summed E-state index contributed by atoms with van der Waals surface area (Å²) in [6.45, 7) is 3.79. The molecule has 1 fully saturated rings. The zero-order chi connectivity index (χ0) is 24.9. The van der Waals surface area contributed by atoms with E-state index in [-0.39, 0.29) is 12.1 Å². The number of pyridine rings is 1. The van der Waals surface area contributed by atoms with Crippen molar-refractivity contribution in [3.8, 4) is 35.0 Å². The van der Waals surface area contributed by atoms with Crippen molar-refractivity contribution in [3.63, 3.8) is 0 Å². The quantitative estimate of drug-likeness (QED) is 0.380. The van der Waals surface area contributed by atoms with Gasteiger partial charge >= 0.3 is 0 Å². The van der Waals surface area contributed by atoms with Gasteiger partial charge < -0.3 is 14.8 Å². The van der Waals surface area contributed by atoms with E-state index in [1.807, 2.05) is 61.7 Å². The van der Waals surface area contributed by atoms with Crippen LogP contribution in [0.1, 0.15) is 36.4 Å². The van der Waals surface area contributed by atoms with Crippen molar-refractivity contribution in [2.24, 2.45) is 0 Å². The first-order valence-corrected chi connectivity index (χ1v) is 11.8. The Bertz CT molecular complexity index is 1390. The Hall–Kier alpha value is -4.13. The van der Waals surface area contributed by atoms with Crippen LogP contribution in [-0.2, 0) is 16.0 Å². The molecule has 1 saturated heterocycles. The molecule has 0 bridgehead atoms. The van der Waals surface area contributed by atoms with E-state index in [1.54, 1.807) is 11.8 Å². The number of anilines is 1.